The fourth-order valence-corrected chi connectivity index (χ4v) is 2.46. The van der Waals surface area contributed by atoms with Gasteiger partial charge in [0.2, 0.25) is 0 Å². The number of hydrogen-bond acceptors (Lipinski definition) is 2. The summed E-state index contributed by atoms with van der Waals surface area (Å²) >= 11 is 0. The van der Waals surface area contributed by atoms with Crippen LogP contribution in [-0.2, 0) is 6.42 Å². The summed E-state index contributed by atoms with van der Waals surface area (Å²) in [6, 6.07) is 9.78. The average Bonchev–Trinajstić information content (AvgIpc) is 2.83. The Hall–Kier alpha value is -2.23. The minimum Gasteiger partial charge on any atom is -0.385 e. The number of benzene rings is 1. The molecule has 92 valence electrons. The number of fused-ring (bicyclic) bond motifs is 1. The third kappa shape index (κ3) is 1.66. The standard InChI is InChI=1S/C14H15N3O/c15-13-11(7-8-16-13)14(18)17-9-3-5-10-4-1-2-6-12(10)17/h1-2,4,6-8,16H,3,5,9,15H2. The molecule has 0 spiro atoms. The number of rotatable bonds is 1. The van der Waals surface area contributed by atoms with Crippen LogP contribution in [0.5, 0.6) is 0 Å². The van der Waals surface area contributed by atoms with Gasteiger partial charge in [0.05, 0.1) is 5.56 Å². The molecule has 1 aromatic heterocycles. The van der Waals surface area contributed by atoms with Crippen molar-refractivity contribution >= 4 is 17.4 Å². The number of carbonyl (C=O) groups excluding carboxylic acids is 1. The molecule has 0 bridgehead atoms. The summed E-state index contributed by atoms with van der Waals surface area (Å²) in [4.78, 5) is 17.1. The average molecular weight is 241 g/mol. The Labute approximate surface area is 105 Å². The first-order valence-corrected chi connectivity index (χ1v) is 6.10. The molecule has 0 saturated heterocycles. The van der Waals surface area contributed by atoms with Crippen molar-refractivity contribution in [1.29, 1.82) is 0 Å². The first-order chi connectivity index (χ1) is 8.77. The highest BCUT2D eigenvalue weighted by atomic mass is 16.2. The summed E-state index contributed by atoms with van der Waals surface area (Å²) in [5.41, 5.74) is 8.55. The van der Waals surface area contributed by atoms with Gasteiger partial charge in [-0.1, -0.05) is 18.2 Å². The third-order valence-corrected chi connectivity index (χ3v) is 3.36. The molecule has 4 heteroatoms. The first-order valence-electron chi connectivity index (χ1n) is 6.10. The quantitative estimate of drug-likeness (QED) is 0.804. The molecule has 1 aliphatic rings. The zero-order chi connectivity index (χ0) is 12.5. The minimum atomic E-state index is -0.0269. The minimum absolute atomic E-state index is 0.0269. The molecule has 0 unspecified atom stereocenters. The number of amides is 1. The van der Waals surface area contributed by atoms with E-state index in [9.17, 15) is 4.79 Å². The van der Waals surface area contributed by atoms with Crippen LogP contribution in [0.2, 0.25) is 0 Å². The Balaban J connectivity index is 2.00. The number of hydrogen-bond donors (Lipinski definition) is 2. The normalized spacial score (nSPS) is 14.3. The lowest BCUT2D eigenvalue weighted by Crippen LogP contribution is -2.35. The summed E-state index contributed by atoms with van der Waals surface area (Å²) in [7, 11) is 0. The fourth-order valence-electron chi connectivity index (χ4n) is 2.46. The summed E-state index contributed by atoms with van der Waals surface area (Å²) < 4.78 is 0. The van der Waals surface area contributed by atoms with Crippen LogP contribution in [0.4, 0.5) is 11.5 Å². The molecule has 0 saturated carbocycles. The van der Waals surface area contributed by atoms with Gasteiger partial charge in [-0.15, -0.1) is 0 Å². The molecule has 0 aliphatic carbocycles. The van der Waals surface area contributed by atoms with E-state index in [-0.39, 0.29) is 5.91 Å². The van der Waals surface area contributed by atoms with Gasteiger partial charge in [0.15, 0.2) is 0 Å². The van der Waals surface area contributed by atoms with Crippen LogP contribution < -0.4 is 10.6 Å². The molecule has 1 amide bonds. The first kappa shape index (κ1) is 10.9. The molecular weight excluding hydrogens is 226 g/mol. The van der Waals surface area contributed by atoms with E-state index in [0.717, 1.165) is 25.1 Å². The Kier molecular flexibility index (Phi) is 2.55. The molecule has 4 nitrogen and oxygen atoms in total. The maximum atomic E-state index is 12.5. The van der Waals surface area contributed by atoms with Gasteiger partial charge >= 0.3 is 0 Å². The lowest BCUT2D eigenvalue weighted by Gasteiger charge is -2.29. The van der Waals surface area contributed by atoms with Crippen molar-refractivity contribution < 1.29 is 4.79 Å². The number of aryl methyl sites for hydroxylation is 1. The van der Waals surface area contributed by atoms with E-state index in [2.05, 4.69) is 11.1 Å². The molecule has 18 heavy (non-hydrogen) atoms. The van der Waals surface area contributed by atoms with E-state index in [4.69, 9.17) is 5.73 Å². The van der Waals surface area contributed by atoms with E-state index < -0.39 is 0 Å². The number of aromatic nitrogens is 1. The Morgan fingerprint density at radius 3 is 2.89 bits per heavy atom. The maximum absolute atomic E-state index is 12.5. The van der Waals surface area contributed by atoms with Gasteiger partial charge in [0.1, 0.15) is 5.82 Å². The molecule has 3 N–H and O–H groups in total. The topological polar surface area (TPSA) is 62.1 Å². The number of H-pyrrole nitrogens is 1. The number of para-hydroxylation sites is 1. The van der Waals surface area contributed by atoms with Crippen molar-refractivity contribution in [3.05, 3.63) is 47.7 Å². The predicted molar refractivity (Wildman–Crippen MR) is 71.6 cm³/mol. The summed E-state index contributed by atoms with van der Waals surface area (Å²) in [5.74, 6) is 0.406. The zero-order valence-corrected chi connectivity index (χ0v) is 10.0. The van der Waals surface area contributed by atoms with Gasteiger partial charge in [0.25, 0.3) is 5.91 Å². The zero-order valence-electron chi connectivity index (χ0n) is 10.0. The van der Waals surface area contributed by atoms with Crippen molar-refractivity contribution in [2.75, 3.05) is 17.2 Å². The highest BCUT2D eigenvalue weighted by Crippen LogP contribution is 2.28. The monoisotopic (exact) mass is 241 g/mol. The van der Waals surface area contributed by atoms with Crippen molar-refractivity contribution in [2.45, 2.75) is 12.8 Å². The van der Waals surface area contributed by atoms with Crippen LogP contribution in [0.25, 0.3) is 0 Å². The lowest BCUT2D eigenvalue weighted by atomic mass is 10.0. The number of anilines is 2. The highest BCUT2D eigenvalue weighted by Gasteiger charge is 2.24. The van der Waals surface area contributed by atoms with E-state index in [1.165, 1.54) is 5.56 Å². The Morgan fingerprint density at radius 1 is 1.28 bits per heavy atom. The van der Waals surface area contributed by atoms with Crippen molar-refractivity contribution in [3.8, 4) is 0 Å². The van der Waals surface area contributed by atoms with Crippen LogP contribution in [0.15, 0.2) is 36.5 Å². The number of nitrogens with one attached hydrogen (secondary N) is 1. The number of nitrogens with zero attached hydrogens (tertiary/aromatic N) is 1. The van der Waals surface area contributed by atoms with Gasteiger partial charge < -0.3 is 15.6 Å². The molecule has 0 radical (unpaired) electrons. The fraction of sp³-hybridized carbons (Fsp3) is 0.214. The number of carbonyl (C=O) groups is 1. The summed E-state index contributed by atoms with van der Waals surface area (Å²) in [5, 5.41) is 0. The van der Waals surface area contributed by atoms with E-state index in [0.29, 0.717) is 11.4 Å². The van der Waals surface area contributed by atoms with Crippen LogP contribution in [0, 0.1) is 0 Å². The van der Waals surface area contributed by atoms with E-state index in [1.807, 2.05) is 23.1 Å². The van der Waals surface area contributed by atoms with Gasteiger partial charge in [0, 0.05) is 18.4 Å². The number of nitrogen functional groups attached to an aromatic ring is 1. The predicted octanol–water partition coefficient (Wildman–Crippen LogP) is 2.19. The number of nitrogens with two attached hydrogens (primary N) is 1. The molecule has 1 aromatic carbocycles. The third-order valence-electron chi connectivity index (χ3n) is 3.36. The van der Waals surface area contributed by atoms with Crippen LogP contribution in [0.1, 0.15) is 22.3 Å². The Morgan fingerprint density at radius 2 is 2.11 bits per heavy atom. The van der Waals surface area contributed by atoms with Gasteiger partial charge in [-0.3, -0.25) is 4.79 Å². The molecule has 2 heterocycles. The Bertz CT molecular complexity index is 588. The van der Waals surface area contributed by atoms with E-state index in [1.54, 1.807) is 12.3 Å². The van der Waals surface area contributed by atoms with Crippen molar-refractivity contribution in [1.82, 2.24) is 4.98 Å². The molecule has 1 aliphatic heterocycles. The number of aromatic amines is 1. The molecule has 0 fully saturated rings. The van der Waals surface area contributed by atoms with Gasteiger partial charge in [-0.2, -0.15) is 0 Å². The van der Waals surface area contributed by atoms with E-state index >= 15 is 0 Å². The second kappa shape index (κ2) is 4.22. The van der Waals surface area contributed by atoms with Crippen molar-refractivity contribution in [3.63, 3.8) is 0 Å². The molecule has 3 rings (SSSR count). The summed E-state index contributed by atoms with van der Waals surface area (Å²) in [6.07, 6.45) is 3.72. The molecule has 0 atom stereocenters. The van der Waals surface area contributed by atoms with Crippen LogP contribution >= 0.6 is 0 Å². The largest absolute Gasteiger partial charge is 0.385 e. The SMILES string of the molecule is Nc1[nH]ccc1C(=O)N1CCCc2ccccc21. The molecule has 2 aromatic rings. The van der Waals surface area contributed by atoms with Gasteiger partial charge in [-0.25, -0.2) is 0 Å². The smallest absolute Gasteiger partial charge is 0.261 e. The summed E-state index contributed by atoms with van der Waals surface area (Å²) in [6.45, 7) is 0.750. The maximum Gasteiger partial charge on any atom is 0.261 e. The lowest BCUT2D eigenvalue weighted by molar-refractivity contribution is 0.0986. The second-order valence-electron chi connectivity index (χ2n) is 4.49. The van der Waals surface area contributed by atoms with Gasteiger partial charge in [-0.05, 0) is 30.5 Å². The highest BCUT2D eigenvalue weighted by molar-refractivity contribution is 6.09. The van der Waals surface area contributed by atoms with Crippen LogP contribution in [0.3, 0.4) is 0 Å². The van der Waals surface area contributed by atoms with Crippen LogP contribution in [-0.4, -0.2) is 17.4 Å². The second-order valence-corrected chi connectivity index (χ2v) is 4.49. The van der Waals surface area contributed by atoms with Crippen molar-refractivity contribution in [2.24, 2.45) is 0 Å². The molecular formula is C14H15N3O.